The van der Waals surface area contributed by atoms with Crippen LogP contribution in [0.3, 0.4) is 0 Å². The third kappa shape index (κ3) is 4.71. The zero-order valence-electron chi connectivity index (χ0n) is 36.3. The van der Waals surface area contributed by atoms with Crippen molar-refractivity contribution < 1.29 is 0 Å². The van der Waals surface area contributed by atoms with E-state index in [-0.39, 0.29) is 5.92 Å². The minimum atomic E-state index is -2.06. The largest absolute Gasteiger partial charge is 0.113 e. The molecule has 0 saturated heterocycles. The average Bonchev–Trinajstić information content (AvgIpc) is 3.94. The van der Waals surface area contributed by atoms with Gasteiger partial charge in [-0.15, -0.1) is 0 Å². The Morgan fingerprint density at radius 1 is 0.415 bits per heavy atom. The Morgan fingerprint density at radius 3 is 1.97 bits per heavy atom. The van der Waals surface area contributed by atoms with Crippen LogP contribution in [-0.4, -0.2) is 8.07 Å². The summed E-state index contributed by atoms with van der Waals surface area (Å²) in [4.78, 5) is 0. The predicted octanol–water partition coefficient (Wildman–Crippen LogP) is 15.8. The maximum absolute atomic E-state index is 2.67. The van der Waals surface area contributed by atoms with Gasteiger partial charge in [0.15, 0.2) is 0 Å². The maximum atomic E-state index is 2.67. The molecule has 10 aromatic carbocycles. The molecule has 1 heterocycles. The lowest BCUT2D eigenvalue weighted by Gasteiger charge is -2.30. The third-order valence-electron chi connectivity index (χ3n) is 16.0. The SMILES string of the molecule is C[Si]1(C)c2ccccc2-c2cc3c(-c4ccc5c6c(cccc46)-c4ccccc4-5)c4ccc(-c5ccc6ccccc6c5)cc4c(C4=C5C=CC=C6c7ccccc7C(C=C4)C65)c3cc21. The summed E-state index contributed by atoms with van der Waals surface area (Å²) in [7, 11) is -2.06. The van der Waals surface area contributed by atoms with Gasteiger partial charge in [0.2, 0.25) is 0 Å². The second-order valence-electron chi connectivity index (χ2n) is 19.4. The molecule has 0 radical (unpaired) electrons. The van der Waals surface area contributed by atoms with E-state index in [4.69, 9.17) is 0 Å². The van der Waals surface area contributed by atoms with Crippen molar-refractivity contribution in [3.8, 4) is 55.6 Å². The Balaban J connectivity index is 1.10. The van der Waals surface area contributed by atoms with E-state index in [2.05, 4.69) is 219 Å². The van der Waals surface area contributed by atoms with E-state index in [0.29, 0.717) is 5.92 Å². The molecule has 2 atom stereocenters. The molecule has 0 N–H and O–H groups in total. The fraction of sp³-hybridized carbons (Fsp3) is 0.0625. The first-order chi connectivity index (χ1) is 32.0. The quantitative estimate of drug-likeness (QED) is 0.123. The molecule has 65 heavy (non-hydrogen) atoms. The first-order valence-electron chi connectivity index (χ1n) is 23.2. The van der Waals surface area contributed by atoms with Crippen molar-refractivity contribution in [3.05, 3.63) is 229 Å². The standard InChI is InChI=1S/C64H42Si/c1-65(2)59-24-10-9-19-45(59)55-35-57-58(36-60(55)65)64(53-32-30-51-44-18-8-6-16-42(44)47-21-12-23-49(53)62(47)51)56-34-40(39-26-25-37-13-3-4-14-38(37)33-39)27-28-54(56)63(57)52-31-29-50-43-17-7-5-15-41(43)46-20-11-22-48(52)61(46)50/h3-36,51,62H,1-2H3. The first kappa shape index (κ1) is 35.8. The molecule has 0 nitrogen and oxygen atoms in total. The van der Waals surface area contributed by atoms with Crippen LogP contribution in [0, 0.1) is 5.92 Å². The van der Waals surface area contributed by atoms with E-state index in [1.54, 1.807) is 0 Å². The smallest absolute Gasteiger partial charge is 0.0754 e. The Hall–Kier alpha value is -7.58. The van der Waals surface area contributed by atoms with E-state index in [0.717, 1.165) is 0 Å². The van der Waals surface area contributed by atoms with E-state index < -0.39 is 8.07 Å². The highest BCUT2D eigenvalue weighted by atomic mass is 28.3. The highest BCUT2D eigenvalue weighted by molar-refractivity contribution is 7.04. The summed E-state index contributed by atoms with van der Waals surface area (Å²) < 4.78 is 0. The van der Waals surface area contributed by atoms with Crippen molar-refractivity contribution in [3.63, 3.8) is 0 Å². The van der Waals surface area contributed by atoms with Crippen LogP contribution in [0.1, 0.15) is 22.6 Å². The van der Waals surface area contributed by atoms with Crippen molar-refractivity contribution in [2.45, 2.75) is 19.0 Å². The van der Waals surface area contributed by atoms with Crippen LogP contribution in [-0.2, 0) is 0 Å². The lowest BCUT2D eigenvalue weighted by molar-refractivity contribution is 0.725. The molecule has 15 rings (SSSR count). The number of hydrogen-bond donors (Lipinski definition) is 0. The molecule has 302 valence electrons. The van der Waals surface area contributed by atoms with E-state index >= 15 is 0 Å². The van der Waals surface area contributed by atoms with Crippen molar-refractivity contribution in [2.24, 2.45) is 5.92 Å². The second-order valence-corrected chi connectivity index (χ2v) is 23.7. The van der Waals surface area contributed by atoms with Crippen LogP contribution in [0.5, 0.6) is 0 Å². The number of allylic oxidation sites excluding steroid dienone is 8. The van der Waals surface area contributed by atoms with Crippen LogP contribution >= 0.6 is 0 Å². The zero-order valence-corrected chi connectivity index (χ0v) is 37.3. The molecule has 0 bridgehead atoms. The van der Waals surface area contributed by atoms with Gasteiger partial charge < -0.3 is 0 Å². The van der Waals surface area contributed by atoms with Gasteiger partial charge in [-0.3, -0.25) is 0 Å². The molecule has 5 aliphatic rings. The highest BCUT2D eigenvalue weighted by Gasteiger charge is 2.42. The van der Waals surface area contributed by atoms with Gasteiger partial charge >= 0.3 is 0 Å². The average molecular weight is 839 g/mol. The Labute approximate surface area is 379 Å². The van der Waals surface area contributed by atoms with Gasteiger partial charge in [0.1, 0.15) is 8.07 Å². The molecule has 0 saturated carbocycles. The summed E-state index contributed by atoms with van der Waals surface area (Å²) >= 11 is 0. The molecule has 0 aromatic heterocycles. The number of hydrogen-bond acceptors (Lipinski definition) is 0. The Bertz CT molecular complexity index is 3950. The van der Waals surface area contributed by atoms with Crippen LogP contribution in [0.2, 0.25) is 13.1 Å². The summed E-state index contributed by atoms with van der Waals surface area (Å²) in [5, 5.41) is 13.6. The van der Waals surface area contributed by atoms with Crippen LogP contribution in [0.15, 0.2) is 212 Å². The molecule has 10 aromatic rings. The summed E-state index contributed by atoms with van der Waals surface area (Å²) in [5.74, 6) is 0.613. The lowest BCUT2D eigenvalue weighted by atomic mass is 9.73. The summed E-state index contributed by atoms with van der Waals surface area (Å²) in [5.41, 5.74) is 21.7. The van der Waals surface area contributed by atoms with E-state index in [1.165, 1.54) is 143 Å². The number of rotatable bonds is 3. The number of benzene rings is 10. The van der Waals surface area contributed by atoms with Crippen molar-refractivity contribution >= 4 is 72.7 Å². The highest BCUT2D eigenvalue weighted by Crippen LogP contribution is 2.58. The molecule has 1 heteroatoms. The van der Waals surface area contributed by atoms with Gasteiger partial charge in [0, 0.05) is 11.8 Å². The van der Waals surface area contributed by atoms with Gasteiger partial charge in [-0.25, -0.2) is 0 Å². The van der Waals surface area contributed by atoms with Crippen molar-refractivity contribution in [1.29, 1.82) is 0 Å². The van der Waals surface area contributed by atoms with Crippen LogP contribution in [0.25, 0.3) is 110 Å². The number of fused-ring (bicyclic) bond motifs is 12. The minimum absolute atomic E-state index is 0.286. The molecule has 0 fully saturated rings. The molecule has 0 amide bonds. The van der Waals surface area contributed by atoms with E-state index in [1.807, 2.05) is 0 Å². The second kappa shape index (κ2) is 12.8. The Kier molecular flexibility index (Phi) is 7.05. The maximum Gasteiger partial charge on any atom is 0.113 e. The monoisotopic (exact) mass is 838 g/mol. The fourth-order valence-electron chi connectivity index (χ4n) is 13.1. The molecular weight excluding hydrogens is 797 g/mol. The van der Waals surface area contributed by atoms with Crippen LogP contribution < -0.4 is 10.4 Å². The molecule has 2 unspecified atom stereocenters. The zero-order chi connectivity index (χ0) is 42.7. The van der Waals surface area contributed by atoms with E-state index in [9.17, 15) is 0 Å². The summed E-state index contributed by atoms with van der Waals surface area (Å²) in [6.45, 7) is 5.13. The molecule has 4 aliphatic carbocycles. The van der Waals surface area contributed by atoms with Crippen LogP contribution in [0.4, 0.5) is 0 Å². The van der Waals surface area contributed by atoms with Gasteiger partial charge in [0.05, 0.1) is 0 Å². The first-order valence-corrected chi connectivity index (χ1v) is 26.2. The molecule has 1 aliphatic heterocycles. The topological polar surface area (TPSA) is 0 Å². The van der Waals surface area contributed by atoms with Gasteiger partial charge in [-0.1, -0.05) is 201 Å². The van der Waals surface area contributed by atoms with Gasteiger partial charge in [-0.05, 0) is 161 Å². The third-order valence-corrected chi connectivity index (χ3v) is 19.5. The fourth-order valence-corrected chi connectivity index (χ4v) is 16.2. The summed E-state index contributed by atoms with van der Waals surface area (Å²) in [6, 6.07) is 67.6. The van der Waals surface area contributed by atoms with Gasteiger partial charge in [0.25, 0.3) is 0 Å². The normalized spacial score (nSPS) is 17.7. The minimum Gasteiger partial charge on any atom is -0.0754 e. The van der Waals surface area contributed by atoms with Gasteiger partial charge in [-0.2, -0.15) is 0 Å². The Morgan fingerprint density at radius 2 is 1.09 bits per heavy atom. The van der Waals surface area contributed by atoms with Crippen molar-refractivity contribution in [1.82, 2.24) is 0 Å². The summed E-state index contributed by atoms with van der Waals surface area (Å²) in [6.07, 6.45) is 12.2. The molecule has 0 spiro atoms. The predicted molar refractivity (Wildman–Crippen MR) is 280 cm³/mol. The molecular formula is C64H42Si. The van der Waals surface area contributed by atoms with Crippen molar-refractivity contribution in [2.75, 3.05) is 0 Å². The lowest BCUT2D eigenvalue weighted by Crippen LogP contribution is -2.49.